The summed E-state index contributed by atoms with van der Waals surface area (Å²) in [5.74, 6) is 0.600. The zero-order valence-electron chi connectivity index (χ0n) is 12.3. The van der Waals surface area contributed by atoms with E-state index in [2.05, 4.69) is 5.32 Å². The third-order valence-corrected chi connectivity index (χ3v) is 4.47. The van der Waals surface area contributed by atoms with Gasteiger partial charge in [0.15, 0.2) is 0 Å². The second kappa shape index (κ2) is 7.09. The second-order valence-corrected chi connectivity index (χ2v) is 5.87. The standard InChI is InChI=1S/C16H23ClN2O/c1-3-19(11-13-7-5-9-18-10-13)16(20)14-8-4-6-12(2)15(14)17/h4,6,8,13,18H,3,5,7,9-11H2,1-2H3. The van der Waals surface area contributed by atoms with Crippen LogP contribution in [0.5, 0.6) is 0 Å². The van der Waals surface area contributed by atoms with Gasteiger partial charge in [0.1, 0.15) is 0 Å². The van der Waals surface area contributed by atoms with Crippen molar-refractivity contribution in [3.05, 3.63) is 34.3 Å². The summed E-state index contributed by atoms with van der Waals surface area (Å²) < 4.78 is 0. The minimum Gasteiger partial charge on any atom is -0.339 e. The Morgan fingerprint density at radius 3 is 2.95 bits per heavy atom. The predicted molar refractivity (Wildman–Crippen MR) is 83.4 cm³/mol. The van der Waals surface area contributed by atoms with Gasteiger partial charge in [0.25, 0.3) is 5.91 Å². The lowest BCUT2D eigenvalue weighted by Crippen LogP contribution is -2.41. The number of carbonyl (C=O) groups excluding carboxylic acids is 1. The van der Waals surface area contributed by atoms with E-state index in [1.165, 1.54) is 12.8 Å². The first-order valence-electron chi connectivity index (χ1n) is 7.38. The first-order chi connectivity index (χ1) is 9.63. The monoisotopic (exact) mass is 294 g/mol. The molecule has 1 amide bonds. The fourth-order valence-corrected chi connectivity index (χ4v) is 2.94. The number of amides is 1. The summed E-state index contributed by atoms with van der Waals surface area (Å²) >= 11 is 6.27. The van der Waals surface area contributed by atoms with Crippen LogP contribution >= 0.6 is 11.6 Å². The van der Waals surface area contributed by atoms with Crippen LogP contribution in [0.1, 0.15) is 35.7 Å². The topological polar surface area (TPSA) is 32.3 Å². The summed E-state index contributed by atoms with van der Waals surface area (Å²) in [5.41, 5.74) is 1.57. The zero-order valence-corrected chi connectivity index (χ0v) is 13.0. The molecule has 0 aliphatic carbocycles. The van der Waals surface area contributed by atoms with Gasteiger partial charge in [-0.25, -0.2) is 0 Å². The maximum absolute atomic E-state index is 12.6. The van der Waals surface area contributed by atoms with Gasteiger partial charge in [0.2, 0.25) is 0 Å². The summed E-state index contributed by atoms with van der Waals surface area (Å²) in [6, 6.07) is 5.64. The molecule has 1 aromatic rings. The maximum atomic E-state index is 12.6. The van der Waals surface area contributed by atoms with Gasteiger partial charge < -0.3 is 10.2 Å². The van der Waals surface area contributed by atoms with Crippen molar-refractivity contribution in [2.24, 2.45) is 5.92 Å². The number of nitrogens with zero attached hydrogens (tertiary/aromatic N) is 1. The Hall–Kier alpha value is -1.06. The molecule has 0 saturated carbocycles. The molecule has 20 heavy (non-hydrogen) atoms. The minimum atomic E-state index is 0.0479. The normalized spacial score (nSPS) is 18.9. The molecule has 1 unspecified atom stereocenters. The van der Waals surface area contributed by atoms with E-state index in [0.717, 1.165) is 31.7 Å². The number of hydrogen-bond donors (Lipinski definition) is 1. The molecule has 0 aromatic heterocycles. The van der Waals surface area contributed by atoms with Crippen molar-refractivity contribution in [3.63, 3.8) is 0 Å². The van der Waals surface area contributed by atoms with Crippen LogP contribution < -0.4 is 5.32 Å². The van der Waals surface area contributed by atoms with Gasteiger partial charge in [-0.15, -0.1) is 0 Å². The van der Waals surface area contributed by atoms with E-state index in [0.29, 0.717) is 16.5 Å². The Labute approximate surface area is 126 Å². The molecule has 0 spiro atoms. The molecule has 1 heterocycles. The molecular formula is C16H23ClN2O. The molecule has 1 N–H and O–H groups in total. The molecule has 4 heteroatoms. The SMILES string of the molecule is CCN(CC1CCCNC1)C(=O)c1cccc(C)c1Cl. The molecular weight excluding hydrogens is 272 g/mol. The second-order valence-electron chi connectivity index (χ2n) is 5.49. The van der Waals surface area contributed by atoms with Crippen LogP contribution in [-0.4, -0.2) is 37.0 Å². The van der Waals surface area contributed by atoms with E-state index >= 15 is 0 Å². The molecule has 1 atom stereocenters. The van der Waals surface area contributed by atoms with Crippen molar-refractivity contribution >= 4 is 17.5 Å². The lowest BCUT2D eigenvalue weighted by molar-refractivity contribution is 0.0729. The number of hydrogen-bond acceptors (Lipinski definition) is 2. The van der Waals surface area contributed by atoms with Gasteiger partial charge in [0, 0.05) is 13.1 Å². The van der Waals surface area contributed by atoms with Crippen molar-refractivity contribution in [1.82, 2.24) is 10.2 Å². The van der Waals surface area contributed by atoms with Crippen LogP contribution in [0.2, 0.25) is 5.02 Å². The van der Waals surface area contributed by atoms with E-state index in [9.17, 15) is 4.79 Å². The van der Waals surface area contributed by atoms with Crippen LogP contribution in [0.15, 0.2) is 18.2 Å². The Morgan fingerprint density at radius 2 is 2.30 bits per heavy atom. The predicted octanol–water partition coefficient (Wildman–Crippen LogP) is 3.11. The minimum absolute atomic E-state index is 0.0479. The Balaban J connectivity index is 2.10. The van der Waals surface area contributed by atoms with Crippen molar-refractivity contribution in [3.8, 4) is 0 Å². The summed E-state index contributed by atoms with van der Waals surface area (Å²) in [4.78, 5) is 14.6. The Bertz CT molecular complexity index is 470. The molecule has 3 nitrogen and oxygen atoms in total. The molecule has 110 valence electrons. The number of piperidine rings is 1. The molecule has 1 aliphatic heterocycles. The van der Waals surface area contributed by atoms with E-state index in [4.69, 9.17) is 11.6 Å². The average molecular weight is 295 g/mol. The highest BCUT2D eigenvalue weighted by Gasteiger charge is 2.22. The molecule has 1 aromatic carbocycles. The quantitative estimate of drug-likeness (QED) is 0.925. The fraction of sp³-hybridized carbons (Fsp3) is 0.562. The molecule has 1 saturated heterocycles. The molecule has 1 aliphatic rings. The van der Waals surface area contributed by atoms with Gasteiger partial charge in [0.05, 0.1) is 10.6 Å². The van der Waals surface area contributed by atoms with Gasteiger partial charge in [-0.1, -0.05) is 23.7 Å². The summed E-state index contributed by atoms with van der Waals surface area (Å²) in [6.07, 6.45) is 2.39. The van der Waals surface area contributed by atoms with Crippen molar-refractivity contribution in [2.45, 2.75) is 26.7 Å². The summed E-state index contributed by atoms with van der Waals surface area (Å²) in [7, 11) is 0. The first kappa shape index (κ1) is 15.3. The number of carbonyl (C=O) groups is 1. The van der Waals surface area contributed by atoms with Gasteiger partial charge in [-0.3, -0.25) is 4.79 Å². The molecule has 1 fully saturated rings. The number of halogens is 1. The molecule has 2 rings (SSSR count). The Kier molecular flexibility index (Phi) is 5.44. The van der Waals surface area contributed by atoms with Crippen molar-refractivity contribution in [2.75, 3.05) is 26.2 Å². The lowest BCUT2D eigenvalue weighted by Gasteiger charge is -2.29. The highest BCUT2D eigenvalue weighted by Crippen LogP contribution is 2.22. The summed E-state index contributed by atoms with van der Waals surface area (Å²) in [6.45, 7) is 7.59. The van der Waals surface area contributed by atoms with Gasteiger partial charge >= 0.3 is 0 Å². The maximum Gasteiger partial charge on any atom is 0.255 e. The van der Waals surface area contributed by atoms with E-state index in [-0.39, 0.29) is 5.91 Å². The van der Waals surface area contributed by atoms with Gasteiger partial charge in [-0.2, -0.15) is 0 Å². The van der Waals surface area contributed by atoms with Crippen molar-refractivity contribution < 1.29 is 4.79 Å². The lowest BCUT2D eigenvalue weighted by atomic mass is 9.98. The van der Waals surface area contributed by atoms with Crippen LogP contribution in [-0.2, 0) is 0 Å². The molecule has 0 bridgehead atoms. The number of nitrogens with one attached hydrogen (secondary N) is 1. The highest BCUT2D eigenvalue weighted by molar-refractivity contribution is 6.34. The Morgan fingerprint density at radius 1 is 1.50 bits per heavy atom. The number of benzene rings is 1. The van der Waals surface area contributed by atoms with Crippen LogP contribution in [0, 0.1) is 12.8 Å². The number of rotatable bonds is 4. The zero-order chi connectivity index (χ0) is 14.5. The third-order valence-electron chi connectivity index (χ3n) is 3.97. The first-order valence-corrected chi connectivity index (χ1v) is 7.76. The van der Waals surface area contributed by atoms with Crippen LogP contribution in [0.4, 0.5) is 0 Å². The largest absolute Gasteiger partial charge is 0.339 e. The summed E-state index contributed by atoms with van der Waals surface area (Å²) in [5, 5.41) is 3.98. The van der Waals surface area contributed by atoms with Crippen LogP contribution in [0.3, 0.4) is 0 Å². The van der Waals surface area contributed by atoms with E-state index in [1.807, 2.05) is 36.9 Å². The average Bonchev–Trinajstić information content (AvgIpc) is 2.48. The highest BCUT2D eigenvalue weighted by atomic mass is 35.5. The molecule has 0 radical (unpaired) electrons. The fourth-order valence-electron chi connectivity index (χ4n) is 2.73. The number of aryl methyl sites for hydroxylation is 1. The smallest absolute Gasteiger partial charge is 0.255 e. The third kappa shape index (κ3) is 3.53. The van der Waals surface area contributed by atoms with Crippen molar-refractivity contribution in [1.29, 1.82) is 0 Å². The van der Waals surface area contributed by atoms with Crippen LogP contribution in [0.25, 0.3) is 0 Å². The van der Waals surface area contributed by atoms with E-state index in [1.54, 1.807) is 0 Å². The van der Waals surface area contributed by atoms with Gasteiger partial charge in [-0.05, 0) is 57.3 Å². The van der Waals surface area contributed by atoms with E-state index < -0.39 is 0 Å².